The number of aromatic hydroxyl groups is 1. The lowest BCUT2D eigenvalue weighted by molar-refractivity contribution is -0.697. The summed E-state index contributed by atoms with van der Waals surface area (Å²) < 4.78 is 2.25. The van der Waals surface area contributed by atoms with Crippen LogP contribution < -0.4 is 10.1 Å². The highest BCUT2D eigenvalue weighted by Gasteiger charge is 2.01. The van der Waals surface area contributed by atoms with Crippen LogP contribution in [-0.2, 0) is 6.54 Å². The molecule has 174 valence electrons. The topological polar surface area (TPSA) is 69.9 Å². The van der Waals surface area contributed by atoms with E-state index >= 15 is 0 Å². The predicted octanol–water partition coefficient (Wildman–Crippen LogP) is 5.85. The van der Waals surface area contributed by atoms with Crippen LogP contribution in [0.2, 0.25) is 0 Å². The Labute approximate surface area is 200 Å². The van der Waals surface area contributed by atoms with Crippen molar-refractivity contribution in [3.8, 4) is 5.75 Å². The molecule has 0 spiro atoms. The van der Waals surface area contributed by atoms with Crippen LogP contribution in [0.3, 0.4) is 0 Å². The first-order chi connectivity index (χ1) is 16.2. The van der Waals surface area contributed by atoms with E-state index < -0.39 is 0 Å². The van der Waals surface area contributed by atoms with Crippen molar-refractivity contribution in [2.45, 2.75) is 63.1 Å². The standard InChI is InChI=1S/C27H33N3O2S/c31-25-11-9-10-24(22-25)13-12-23-15-19-30(20-16-23)18-7-5-3-1-2-4-6-8-21-33-27-28-17-14-26(32)29-27/h9-17,19-20,22H,1-8,18,21H2,(H-,28,29,31,32)/p+1/b13-12+. The molecule has 0 atom stereocenters. The lowest BCUT2D eigenvalue weighted by Crippen LogP contribution is -2.32. The number of thioether (sulfide) groups is 1. The number of unbranched alkanes of at least 4 members (excludes halogenated alkanes) is 7. The number of aromatic nitrogens is 3. The molecule has 0 saturated heterocycles. The van der Waals surface area contributed by atoms with Crippen LogP contribution in [0.1, 0.15) is 62.5 Å². The molecule has 0 fully saturated rings. The molecule has 33 heavy (non-hydrogen) atoms. The summed E-state index contributed by atoms with van der Waals surface area (Å²) in [5, 5.41) is 10.3. The fourth-order valence-electron chi connectivity index (χ4n) is 3.60. The molecule has 0 unspecified atom stereocenters. The number of pyridine rings is 1. The van der Waals surface area contributed by atoms with Crippen LogP contribution in [0.15, 0.2) is 71.0 Å². The van der Waals surface area contributed by atoms with Gasteiger partial charge in [0, 0.05) is 36.6 Å². The Hall–Kier alpha value is -2.86. The molecule has 0 radical (unpaired) electrons. The van der Waals surface area contributed by atoms with E-state index in [4.69, 9.17) is 0 Å². The fraction of sp³-hybridized carbons (Fsp3) is 0.370. The van der Waals surface area contributed by atoms with Crippen LogP contribution in [0.25, 0.3) is 12.2 Å². The Balaban J connectivity index is 1.19. The van der Waals surface area contributed by atoms with E-state index in [9.17, 15) is 9.90 Å². The van der Waals surface area contributed by atoms with Crippen molar-refractivity contribution < 1.29 is 9.67 Å². The Morgan fingerprint density at radius 3 is 2.30 bits per heavy atom. The van der Waals surface area contributed by atoms with Crippen molar-refractivity contribution in [1.82, 2.24) is 9.97 Å². The van der Waals surface area contributed by atoms with Crippen LogP contribution in [0, 0.1) is 0 Å². The zero-order chi connectivity index (χ0) is 23.1. The third-order valence-electron chi connectivity index (χ3n) is 5.45. The normalized spacial score (nSPS) is 11.3. The van der Waals surface area contributed by atoms with Gasteiger partial charge in [0.2, 0.25) is 0 Å². The monoisotopic (exact) mass is 464 g/mol. The highest BCUT2D eigenvalue weighted by molar-refractivity contribution is 7.99. The molecule has 3 rings (SSSR count). The number of aromatic amines is 1. The highest BCUT2D eigenvalue weighted by Crippen LogP contribution is 2.15. The van der Waals surface area contributed by atoms with Gasteiger partial charge in [-0.05, 0) is 36.1 Å². The fourth-order valence-corrected chi connectivity index (χ4v) is 4.45. The van der Waals surface area contributed by atoms with Crippen molar-refractivity contribution >= 4 is 23.9 Å². The number of aryl methyl sites for hydroxylation is 1. The number of phenols is 1. The molecular weight excluding hydrogens is 430 g/mol. The van der Waals surface area contributed by atoms with Gasteiger partial charge in [-0.3, -0.25) is 4.79 Å². The maximum Gasteiger partial charge on any atom is 0.251 e. The number of hydrogen-bond acceptors (Lipinski definition) is 4. The number of nitrogens with one attached hydrogen (secondary N) is 1. The summed E-state index contributed by atoms with van der Waals surface area (Å²) in [6.45, 7) is 1.06. The summed E-state index contributed by atoms with van der Waals surface area (Å²) >= 11 is 1.63. The molecule has 0 amide bonds. The number of benzene rings is 1. The Kier molecular flexibility index (Phi) is 10.8. The lowest BCUT2D eigenvalue weighted by atomic mass is 10.1. The summed E-state index contributed by atoms with van der Waals surface area (Å²) in [4.78, 5) is 18.1. The van der Waals surface area contributed by atoms with Crippen molar-refractivity contribution in [2.24, 2.45) is 0 Å². The largest absolute Gasteiger partial charge is 0.508 e. The summed E-state index contributed by atoms with van der Waals surface area (Å²) in [6.07, 6.45) is 20.0. The van der Waals surface area contributed by atoms with E-state index in [0.717, 1.165) is 28.6 Å². The van der Waals surface area contributed by atoms with Gasteiger partial charge in [0.05, 0.1) is 0 Å². The summed E-state index contributed by atoms with van der Waals surface area (Å²) in [6, 6.07) is 13.0. The molecular formula is C27H34N3O2S+. The van der Waals surface area contributed by atoms with Gasteiger partial charge < -0.3 is 10.1 Å². The lowest BCUT2D eigenvalue weighted by Gasteiger charge is -2.02. The van der Waals surface area contributed by atoms with Crippen molar-refractivity contribution in [2.75, 3.05) is 5.75 Å². The average Bonchev–Trinajstić information content (AvgIpc) is 2.82. The quantitative estimate of drug-likeness (QED) is 0.136. The van der Waals surface area contributed by atoms with E-state index in [-0.39, 0.29) is 5.56 Å². The molecule has 3 aromatic rings. The van der Waals surface area contributed by atoms with Gasteiger partial charge in [0.15, 0.2) is 17.6 Å². The number of rotatable bonds is 14. The maximum absolute atomic E-state index is 11.2. The second kappa shape index (κ2) is 14.3. The number of hydrogen-bond donors (Lipinski definition) is 2. The number of phenolic OH excluding ortho intramolecular Hbond substituents is 1. The van der Waals surface area contributed by atoms with E-state index in [2.05, 4.69) is 45.1 Å². The molecule has 0 bridgehead atoms. The van der Waals surface area contributed by atoms with Crippen LogP contribution in [0.4, 0.5) is 0 Å². The summed E-state index contributed by atoms with van der Waals surface area (Å²) in [5.41, 5.74) is 2.07. The van der Waals surface area contributed by atoms with Crippen LogP contribution in [0.5, 0.6) is 5.75 Å². The van der Waals surface area contributed by atoms with Crippen molar-refractivity contribution in [3.63, 3.8) is 0 Å². The van der Waals surface area contributed by atoms with Gasteiger partial charge in [-0.15, -0.1) is 0 Å². The molecule has 5 nitrogen and oxygen atoms in total. The van der Waals surface area contributed by atoms with Gasteiger partial charge in [0.25, 0.3) is 5.56 Å². The minimum Gasteiger partial charge on any atom is -0.508 e. The first-order valence-corrected chi connectivity index (χ1v) is 12.8. The summed E-state index contributed by atoms with van der Waals surface area (Å²) in [5.74, 6) is 1.30. The second-order valence-corrected chi connectivity index (χ2v) is 9.30. The molecule has 0 aliphatic carbocycles. The zero-order valence-electron chi connectivity index (χ0n) is 19.2. The van der Waals surface area contributed by atoms with E-state index in [0.29, 0.717) is 5.75 Å². The SMILES string of the molecule is O=c1ccnc(SCCCCCCCCCC[n+]2ccc(/C=C/c3cccc(O)c3)cc2)[nH]1. The molecule has 1 aromatic carbocycles. The van der Waals surface area contributed by atoms with E-state index in [1.54, 1.807) is 30.1 Å². The third kappa shape index (κ3) is 10.1. The molecule has 2 heterocycles. The number of nitrogens with zero attached hydrogens (tertiary/aromatic N) is 2. The summed E-state index contributed by atoms with van der Waals surface area (Å²) in [7, 11) is 0. The molecule has 2 aromatic heterocycles. The van der Waals surface area contributed by atoms with E-state index in [1.165, 1.54) is 57.4 Å². The minimum atomic E-state index is -0.0820. The zero-order valence-corrected chi connectivity index (χ0v) is 20.0. The van der Waals surface area contributed by atoms with Gasteiger partial charge in [-0.1, -0.05) is 68.2 Å². The Bertz CT molecular complexity index is 1050. The van der Waals surface area contributed by atoms with Crippen LogP contribution in [-0.4, -0.2) is 20.8 Å². The second-order valence-electron chi connectivity index (χ2n) is 8.21. The molecule has 6 heteroatoms. The van der Waals surface area contributed by atoms with Gasteiger partial charge in [0.1, 0.15) is 12.3 Å². The Morgan fingerprint density at radius 1 is 0.879 bits per heavy atom. The third-order valence-corrected chi connectivity index (χ3v) is 6.43. The predicted molar refractivity (Wildman–Crippen MR) is 136 cm³/mol. The van der Waals surface area contributed by atoms with E-state index in [1.807, 2.05) is 18.2 Å². The van der Waals surface area contributed by atoms with Crippen molar-refractivity contribution in [3.05, 3.63) is 82.5 Å². The van der Waals surface area contributed by atoms with Gasteiger partial charge in [-0.25, -0.2) is 9.55 Å². The van der Waals surface area contributed by atoms with Crippen molar-refractivity contribution in [1.29, 1.82) is 0 Å². The Morgan fingerprint density at radius 2 is 1.58 bits per heavy atom. The minimum absolute atomic E-state index is 0.0820. The molecule has 0 aliphatic rings. The van der Waals surface area contributed by atoms with Crippen LogP contribution >= 0.6 is 11.8 Å². The van der Waals surface area contributed by atoms with Gasteiger partial charge in [-0.2, -0.15) is 0 Å². The molecule has 0 saturated carbocycles. The molecule has 0 aliphatic heterocycles. The average molecular weight is 465 g/mol. The smallest absolute Gasteiger partial charge is 0.251 e. The van der Waals surface area contributed by atoms with Gasteiger partial charge >= 0.3 is 0 Å². The molecule has 2 N–H and O–H groups in total. The first kappa shape index (κ1) is 24.8. The number of H-pyrrole nitrogens is 1. The first-order valence-electron chi connectivity index (χ1n) is 11.8. The maximum atomic E-state index is 11.2. The highest BCUT2D eigenvalue weighted by atomic mass is 32.2.